The molecule has 0 amide bonds. The molecule has 17 heavy (non-hydrogen) atoms. The molecule has 7 nitrogen and oxygen atoms in total. The summed E-state index contributed by atoms with van der Waals surface area (Å²) in [5.41, 5.74) is 5.56. The summed E-state index contributed by atoms with van der Waals surface area (Å²) in [7, 11) is 1.19. The van der Waals surface area contributed by atoms with Crippen molar-refractivity contribution in [2.24, 2.45) is 5.73 Å². The van der Waals surface area contributed by atoms with Crippen molar-refractivity contribution in [2.45, 2.75) is 12.5 Å². The molecule has 1 rings (SSSR count). The van der Waals surface area contributed by atoms with Crippen LogP contribution in [-0.2, 0) is 16.0 Å². The largest absolute Gasteiger partial charge is 0.508 e. The standard InChI is InChI=1S/C10H12N2O5/c1-17-10(14)8(11)5-6-4-7(12(15)16)2-3-9(6)13/h2-4,8,13H,5,11H2,1H3. The first-order valence-corrected chi connectivity index (χ1v) is 4.75. The van der Waals surface area contributed by atoms with Crippen LogP contribution in [0.2, 0.25) is 0 Å². The number of phenolic OH excluding ortho intramolecular Hbond substituents is 1. The highest BCUT2D eigenvalue weighted by Gasteiger charge is 2.18. The summed E-state index contributed by atoms with van der Waals surface area (Å²) in [5, 5.41) is 20.0. The first-order valence-electron chi connectivity index (χ1n) is 4.75. The Morgan fingerprint density at radius 2 is 2.29 bits per heavy atom. The van der Waals surface area contributed by atoms with Crippen molar-refractivity contribution in [3.63, 3.8) is 0 Å². The number of hydrogen-bond acceptors (Lipinski definition) is 6. The molecule has 3 N–H and O–H groups in total. The van der Waals surface area contributed by atoms with Crippen molar-refractivity contribution >= 4 is 11.7 Å². The molecule has 0 aliphatic heterocycles. The van der Waals surface area contributed by atoms with Gasteiger partial charge in [0.1, 0.15) is 11.8 Å². The molecule has 1 aromatic carbocycles. The molecule has 92 valence electrons. The monoisotopic (exact) mass is 240 g/mol. The Balaban J connectivity index is 2.93. The van der Waals surface area contributed by atoms with Crippen LogP contribution in [0.4, 0.5) is 5.69 Å². The normalized spacial score (nSPS) is 11.9. The number of phenols is 1. The quantitative estimate of drug-likeness (QED) is 0.445. The van der Waals surface area contributed by atoms with E-state index < -0.39 is 16.9 Å². The zero-order valence-corrected chi connectivity index (χ0v) is 9.12. The zero-order valence-electron chi connectivity index (χ0n) is 9.12. The van der Waals surface area contributed by atoms with Gasteiger partial charge in [0, 0.05) is 24.1 Å². The summed E-state index contributed by atoms with van der Waals surface area (Å²) >= 11 is 0. The molecular formula is C10H12N2O5. The van der Waals surface area contributed by atoms with Crippen LogP contribution in [0.15, 0.2) is 18.2 Å². The number of rotatable bonds is 4. The van der Waals surface area contributed by atoms with Crippen molar-refractivity contribution in [3.8, 4) is 5.75 Å². The summed E-state index contributed by atoms with van der Waals surface area (Å²) in [6.45, 7) is 0. The second-order valence-corrected chi connectivity index (χ2v) is 3.40. The van der Waals surface area contributed by atoms with E-state index in [-0.39, 0.29) is 23.4 Å². The molecule has 1 aromatic rings. The Bertz CT molecular complexity index is 446. The molecule has 0 spiro atoms. The van der Waals surface area contributed by atoms with Gasteiger partial charge in [-0.1, -0.05) is 0 Å². The number of nitro benzene ring substituents is 1. The van der Waals surface area contributed by atoms with Crippen LogP contribution in [0.3, 0.4) is 0 Å². The molecule has 0 aliphatic rings. The number of hydrogen-bond donors (Lipinski definition) is 2. The summed E-state index contributed by atoms with van der Waals surface area (Å²) in [4.78, 5) is 21.0. The Hall–Kier alpha value is -2.15. The fraction of sp³-hybridized carbons (Fsp3) is 0.300. The van der Waals surface area contributed by atoms with E-state index in [2.05, 4.69) is 4.74 Å². The highest BCUT2D eigenvalue weighted by molar-refractivity contribution is 5.75. The van der Waals surface area contributed by atoms with E-state index in [1.165, 1.54) is 25.3 Å². The SMILES string of the molecule is COC(=O)C(N)Cc1cc([N+](=O)[O-])ccc1O. The van der Waals surface area contributed by atoms with Gasteiger partial charge in [-0.05, 0) is 6.07 Å². The van der Waals surface area contributed by atoms with Crippen LogP contribution in [0, 0.1) is 10.1 Å². The Labute approximate surface area is 97.0 Å². The van der Waals surface area contributed by atoms with Gasteiger partial charge in [-0.3, -0.25) is 14.9 Å². The average molecular weight is 240 g/mol. The maximum atomic E-state index is 11.1. The van der Waals surface area contributed by atoms with Crippen molar-refractivity contribution < 1.29 is 19.6 Å². The van der Waals surface area contributed by atoms with Crippen molar-refractivity contribution in [2.75, 3.05) is 7.11 Å². The van der Waals surface area contributed by atoms with Crippen molar-refractivity contribution in [1.29, 1.82) is 0 Å². The van der Waals surface area contributed by atoms with Crippen LogP contribution in [-0.4, -0.2) is 29.2 Å². The molecule has 0 fully saturated rings. The number of nitrogens with two attached hydrogens (primary N) is 1. The number of aromatic hydroxyl groups is 1. The number of ether oxygens (including phenoxy) is 1. The molecule has 0 saturated heterocycles. The molecule has 0 bridgehead atoms. The number of benzene rings is 1. The Morgan fingerprint density at radius 1 is 1.65 bits per heavy atom. The number of methoxy groups -OCH3 is 1. The fourth-order valence-corrected chi connectivity index (χ4v) is 1.32. The van der Waals surface area contributed by atoms with Crippen LogP contribution >= 0.6 is 0 Å². The number of nitrogens with zero attached hydrogens (tertiary/aromatic N) is 1. The van der Waals surface area contributed by atoms with Crippen molar-refractivity contribution in [1.82, 2.24) is 0 Å². The molecule has 0 aliphatic carbocycles. The van der Waals surface area contributed by atoms with E-state index in [0.29, 0.717) is 0 Å². The van der Waals surface area contributed by atoms with Crippen LogP contribution in [0.5, 0.6) is 5.75 Å². The van der Waals surface area contributed by atoms with Crippen LogP contribution in [0.1, 0.15) is 5.56 Å². The lowest BCUT2D eigenvalue weighted by Crippen LogP contribution is -2.33. The highest BCUT2D eigenvalue weighted by atomic mass is 16.6. The maximum Gasteiger partial charge on any atom is 0.322 e. The zero-order chi connectivity index (χ0) is 13.0. The first kappa shape index (κ1) is 12.9. The number of carbonyl (C=O) groups excluding carboxylic acids is 1. The average Bonchev–Trinajstić information content (AvgIpc) is 2.30. The predicted octanol–water partition coefficient (Wildman–Crippen LogP) is 0.343. The third-order valence-electron chi connectivity index (χ3n) is 2.22. The van der Waals surface area contributed by atoms with Gasteiger partial charge in [-0.2, -0.15) is 0 Å². The molecule has 0 radical (unpaired) electrons. The van der Waals surface area contributed by atoms with Gasteiger partial charge in [0.05, 0.1) is 12.0 Å². The first-order chi connectivity index (χ1) is 7.95. The number of non-ortho nitro benzene ring substituents is 1. The molecule has 1 atom stereocenters. The van der Waals surface area contributed by atoms with E-state index in [9.17, 15) is 20.0 Å². The van der Waals surface area contributed by atoms with Gasteiger partial charge in [-0.15, -0.1) is 0 Å². The lowest BCUT2D eigenvalue weighted by Gasteiger charge is -2.10. The molecular weight excluding hydrogens is 228 g/mol. The third kappa shape index (κ3) is 3.15. The second kappa shape index (κ2) is 5.26. The Kier molecular flexibility index (Phi) is 4.00. The predicted molar refractivity (Wildman–Crippen MR) is 58.5 cm³/mol. The highest BCUT2D eigenvalue weighted by Crippen LogP contribution is 2.23. The minimum absolute atomic E-state index is 0.0276. The van der Waals surface area contributed by atoms with E-state index in [1.54, 1.807) is 0 Å². The second-order valence-electron chi connectivity index (χ2n) is 3.40. The van der Waals surface area contributed by atoms with Gasteiger partial charge >= 0.3 is 5.97 Å². The van der Waals surface area contributed by atoms with E-state index >= 15 is 0 Å². The summed E-state index contributed by atoms with van der Waals surface area (Å²) in [5.74, 6) is -0.786. The van der Waals surface area contributed by atoms with Gasteiger partial charge in [-0.25, -0.2) is 0 Å². The van der Waals surface area contributed by atoms with Crippen LogP contribution < -0.4 is 5.73 Å². The van der Waals surface area contributed by atoms with E-state index in [1.807, 2.05) is 0 Å². The van der Waals surface area contributed by atoms with E-state index in [0.717, 1.165) is 0 Å². The number of nitro groups is 1. The number of esters is 1. The summed E-state index contributed by atoms with van der Waals surface area (Å²) < 4.78 is 4.42. The summed E-state index contributed by atoms with van der Waals surface area (Å²) in [6, 6.07) is 2.57. The molecule has 7 heteroatoms. The van der Waals surface area contributed by atoms with Gasteiger partial charge in [0.2, 0.25) is 0 Å². The molecule has 1 unspecified atom stereocenters. The maximum absolute atomic E-state index is 11.1. The van der Waals surface area contributed by atoms with E-state index in [4.69, 9.17) is 5.73 Å². The minimum atomic E-state index is -0.965. The minimum Gasteiger partial charge on any atom is -0.508 e. The topological polar surface area (TPSA) is 116 Å². The molecule has 0 aromatic heterocycles. The fourth-order valence-electron chi connectivity index (χ4n) is 1.32. The Morgan fingerprint density at radius 3 is 2.82 bits per heavy atom. The number of carbonyl (C=O) groups is 1. The van der Waals surface area contributed by atoms with Gasteiger partial charge in [0.15, 0.2) is 0 Å². The van der Waals surface area contributed by atoms with Crippen molar-refractivity contribution in [3.05, 3.63) is 33.9 Å². The third-order valence-corrected chi connectivity index (χ3v) is 2.22. The lowest BCUT2D eigenvalue weighted by atomic mass is 10.0. The smallest absolute Gasteiger partial charge is 0.322 e. The van der Waals surface area contributed by atoms with Gasteiger partial charge in [0.25, 0.3) is 5.69 Å². The van der Waals surface area contributed by atoms with Crippen LogP contribution in [0.25, 0.3) is 0 Å². The van der Waals surface area contributed by atoms with Gasteiger partial charge < -0.3 is 15.6 Å². The molecule has 0 saturated carbocycles. The summed E-state index contributed by atoms with van der Waals surface area (Å²) in [6.07, 6.45) is -0.0276. The molecule has 0 heterocycles. The lowest BCUT2D eigenvalue weighted by molar-refractivity contribution is -0.384.